The number of carbonyl (C=O) groups is 1. The Kier molecular flexibility index (Phi) is 4.35. The summed E-state index contributed by atoms with van der Waals surface area (Å²) in [4.78, 5) is 22.8. The van der Waals surface area contributed by atoms with Crippen LogP contribution in [0.2, 0.25) is 0 Å². The van der Waals surface area contributed by atoms with Gasteiger partial charge in [-0.2, -0.15) is 5.10 Å². The molecule has 7 heteroatoms. The molecule has 1 atom stereocenters. The van der Waals surface area contributed by atoms with Gasteiger partial charge in [0, 0.05) is 37.8 Å². The molecule has 1 fully saturated rings. The predicted molar refractivity (Wildman–Crippen MR) is 94.9 cm³/mol. The Labute approximate surface area is 151 Å². The van der Waals surface area contributed by atoms with E-state index in [1.165, 1.54) is 6.33 Å². The lowest BCUT2D eigenvalue weighted by Gasteiger charge is -2.16. The maximum atomic E-state index is 12.5. The number of hydrogen-bond donors (Lipinski definition) is 0. The van der Waals surface area contributed by atoms with Gasteiger partial charge >= 0.3 is 0 Å². The zero-order valence-corrected chi connectivity index (χ0v) is 14.4. The third kappa shape index (κ3) is 3.15. The first-order valence-corrected chi connectivity index (χ1v) is 8.45. The second-order valence-corrected chi connectivity index (χ2v) is 6.26. The van der Waals surface area contributed by atoms with Crippen LogP contribution < -0.4 is 4.74 Å². The molecule has 1 saturated heterocycles. The van der Waals surface area contributed by atoms with Crippen LogP contribution in [0.25, 0.3) is 5.69 Å². The van der Waals surface area contributed by atoms with Crippen molar-refractivity contribution >= 4 is 5.91 Å². The Morgan fingerprint density at radius 3 is 2.65 bits per heavy atom. The minimum atomic E-state index is 0.0222. The normalized spacial score (nSPS) is 16.9. The van der Waals surface area contributed by atoms with Crippen molar-refractivity contribution in [2.75, 3.05) is 13.7 Å². The number of carbonyl (C=O) groups excluding carboxylic acids is 1. The van der Waals surface area contributed by atoms with Crippen molar-refractivity contribution in [1.29, 1.82) is 0 Å². The summed E-state index contributed by atoms with van der Waals surface area (Å²) in [7, 11) is 1.64. The lowest BCUT2D eigenvalue weighted by molar-refractivity contribution is -0.128. The molecule has 1 aliphatic rings. The molecular weight excluding hydrogens is 330 g/mol. The Balaban J connectivity index is 1.54. The summed E-state index contributed by atoms with van der Waals surface area (Å²) in [6.07, 6.45) is 5.47. The molecule has 0 N–H and O–H groups in total. The first-order valence-electron chi connectivity index (χ1n) is 8.45. The summed E-state index contributed by atoms with van der Waals surface area (Å²) in [5.74, 6) is 1.75. The molecule has 2 aromatic heterocycles. The molecule has 1 aromatic carbocycles. The number of ether oxygens (including phenoxy) is 1. The molecule has 0 aliphatic carbocycles. The first-order chi connectivity index (χ1) is 12.7. The number of pyridine rings is 1. The van der Waals surface area contributed by atoms with E-state index < -0.39 is 0 Å². The van der Waals surface area contributed by atoms with Crippen LogP contribution in [-0.4, -0.2) is 44.2 Å². The first kappa shape index (κ1) is 16.3. The number of hydrogen-bond acceptors (Lipinski definition) is 5. The van der Waals surface area contributed by atoms with Crippen molar-refractivity contribution in [3.63, 3.8) is 0 Å². The van der Waals surface area contributed by atoms with E-state index >= 15 is 0 Å². The number of likely N-dealkylation sites (tertiary alicyclic amines) is 1. The van der Waals surface area contributed by atoms with Crippen LogP contribution in [-0.2, 0) is 11.3 Å². The largest absolute Gasteiger partial charge is 0.497 e. The number of nitrogens with zero attached hydrogens (tertiary/aromatic N) is 5. The Morgan fingerprint density at radius 2 is 1.92 bits per heavy atom. The highest BCUT2D eigenvalue weighted by Gasteiger charge is 2.33. The van der Waals surface area contributed by atoms with Crippen LogP contribution in [0.1, 0.15) is 23.7 Å². The third-order valence-electron chi connectivity index (χ3n) is 4.59. The second kappa shape index (κ2) is 6.95. The summed E-state index contributed by atoms with van der Waals surface area (Å²) in [6, 6.07) is 11.5. The highest BCUT2D eigenvalue weighted by molar-refractivity contribution is 5.79. The molecule has 0 spiro atoms. The van der Waals surface area contributed by atoms with E-state index in [4.69, 9.17) is 4.74 Å². The molecule has 0 bridgehead atoms. The Bertz CT molecular complexity index is 892. The maximum absolute atomic E-state index is 12.5. The molecular formula is C19H19N5O2. The van der Waals surface area contributed by atoms with Gasteiger partial charge in [-0.25, -0.2) is 9.67 Å². The van der Waals surface area contributed by atoms with Gasteiger partial charge in [0.2, 0.25) is 5.91 Å². The van der Waals surface area contributed by atoms with Gasteiger partial charge in [0.05, 0.1) is 12.8 Å². The average Bonchev–Trinajstić information content (AvgIpc) is 3.30. The fourth-order valence-electron chi connectivity index (χ4n) is 3.26. The van der Waals surface area contributed by atoms with E-state index in [0.717, 1.165) is 22.8 Å². The number of rotatable bonds is 5. The predicted octanol–water partition coefficient (Wildman–Crippen LogP) is 2.19. The fraction of sp³-hybridized carbons (Fsp3) is 0.263. The molecule has 3 aromatic rings. The molecule has 4 rings (SSSR count). The summed E-state index contributed by atoms with van der Waals surface area (Å²) in [5.41, 5.74) is 1.98. The van der Waals surface area contributed by atoms with Gasteiger partial charge in [-0.1, -0.05) is 0 Å². The number of benzene rings is 1. The molecule has 0 saturated carbocycles. The number of amides is 1. The highest BCUT2D eigenvalue weighted by Crippen LogP contribution is 2.29. The van der Waals surface area contributed by atoms with E-state index in [0.29, 0.717) is 19.5 Å². The molecule has 1 amide bonds. The topological polar surface area (TPSA) is 73.1 Å². The maximum Gasteiger partial charge on any atom is 0.223 e. The van der Waals surface area contributed by atoms with E-state index in [1.54, 1.807) is 24.2 Å². The summed E-state index contributed by atoms with van der Waals surface area (Å²) < 4.78 is 7.00. The molecule has 0 radical (unpaired) electrons. The SMILES string of the molecule is COc1ccc(-n2ncnc2[C@@H]2CC(=O)N(Cc3ccncc3)C2)cc1. The van der Waals surface area contributed by atoms with Crippen LogP contribution >= 0.6 is 0 Å². The van der Waals surface area contributed by atoms with E-state index in [1.807, 2.05) is 41.3 Å². The Hall–Kier alpha value is -3.22. The number of methoxy groups -OCH3 is 1. The number of aromatic nitrogens is 4. The molecule has 7 nitrogen and oxygen atoms in total. The Morgan fingerprint density at radius 1 is 1.15 bits per heavy atom. The summed E-state index contributed by atoms with van der Waals surface area (Å²) in [5, 5.41) is 4.35. The standard InChI is InChI=1S/C19H19N5O2/c1-26-17-4-2-16(3-5-17)24-19(21-13-22-24)15-10-18(25)23(12-15)11-14-6-8-20-9-7-14/h2-9,13,15H,10-12H2,1H3/t15-/m1/s1. The molecule has 3 heterocycles. The van der Waals surface area contributed by atoms with Crippen molar-refractivity contribution in [1.82, 2.24) is 24.6 Å². The van der Waals surface area contributed by atoms with Gasteiger partial charge in [-0.05, 0) is 42.0 Å². The minimum Gasteiger partial charge on any atom is -0.497 e. The van der Waals surface area contributed by atoms with Gasteiger partial charge in [-0.3, -0.25) is 9.78 Å². The van der Waals surface area contributed by atoms with Crippen LogP contribution in [0.4, 0.5) is 0 Å². The zero-order chi connectivity index (χ0) is 17.9. The smallest absolute Gasteiger partial charge is 0.223 e. The van der Waals surface area contributed by atoms with Crippen molar-refractivity contribution < 1.29 is 9.53 Å². The van der Waals surface area contributed by atoms with Gasteiger partial charge < -0.3 is 9.64 Å². The summed E-state index contributed by atoms with van der Waals surface area (Å²) >= 11 is 0. The monoisotopic (exact) mass is 349 g/mol. The van der Waals surface area contributed by atoms with E-state index in [9.17, 15) is 4.79 Å². The van der Waals surface area contributed by atoms with Gasteiger partial charge in [-0.15, -0.1) is 0 Å². The lowest BCUT2D eigenvalue weighted by Crippen LogP contribution is -2.24. The fourth-order valence-corrected chi connectivity index (χ4v) is 3.26. The summed E-state index contributed by atoms with van der Waals surface area (Å²) in [6.45, 7) is 1.23. The van der Waals surface area contributed by atoms with Crippen LogP contribution in [0.15, 0.2) is 55.1 Å². The van der Waals surface area contributed by atoms with Crippen molar-refractivity contribution in [3.05, 3.63) is 66.5 Å². The highest BCUT2D eigenvalue weighted by atomic mass is 16.5. The van der Waals surface area contributed by atoms with Gasteiger partial charge in [0.1, 0.15) is 17.9 Å². The van der Waals surface area contributed by atoms with Crippen LogP contribution in [0.5, 0.6) is 5.75 Å². The molecule has 1 aliphatic heterocycles. The third-order valence-corrected chi connectivity index (χ3v) is 4.59. The van der Waals surface area contributed by atoms with Gasteiger partial charge in [0.15, 0.2) is 0 Å². The quantitative estimate of drug-likeness (QED) is 0.706. The molecule has 26 heavy (non-hydrogen) atoms. The van der Waals surface area contributed by atoms with E-state index in [-0.39, 0.29) is 11.8 Å². The molecule has 132 valence electrons. The zero-order valence-electron chi connectivity index (χ0n) is 14.4. The second-order valence-electron chi connectivity index (χ2n) is 6.26. The van der Waals surface area contributed by atoms with E-state index in [2.05, 4.69) is 15.1 Å². The van der Waals surface area contributed by atoms with Crippen molar-refractivity contribution in [2.45, 2.75) is 18.9 Å². The lowest BCUT2D eigenvalue weighted by atomic mass is 10.1. The molecule has 0 unspecified atom stereocenters. The van der Waals surface area contributed by atoms with Crippen molar-refractivity contribution in [2.24, 2.45) is 0 Å². The van der Waals surface area contributed by atoms with Crippen LogP contribution in [0.3, 0.4) is 0 Å². The van der Waals surface area contributed by atoms with Gasteiger partial charge in [0.25, 0.3) is 0 Å². The van der Waals surface area contributed by atoms with Crippen LogP contribution in [0, 0.1) is 0 Å². The van der Waals surface area contributed by atoms with Crippen molar-refractivity contribution in [3.8, 4) is 11.4 Å². The average molecular weight is 349 g/mol. The minimum absolute atomic E-state index is 0.0222.